The molecule has 0 atom stereocenters. The standard InChI is InChI=1S/C24H24ClF3N4O5S/c1-2-3-8-20-30-22(25)19(13-21(33)34)31(20)14-15-9-11-16(12-10-15)32(38(36,37)24(26,27)28)23(35)17-6-4-5-7-18(17)29/h4-7,9-12H,2-3,8,13-14,29H2,1H3,(H,33,34). The molecular formula is C24H24ClF3N4O5S. The first-order valence-electron chi connectivity index (χ1n) is 11.3. The summed E-state index contributed by atoms with van der Waals surface area (Å²) in [5, 5.41) is 9.31. The molecule has 204 valence electrons. The van der Waals surface area contributed by atoms with Crippen LogP contribution < -0.4 is 10.0 Å². The third kappa shape index (κ3) is 6.10. The minimum atomic E-state index is -6.13. The van der Waals surface area contributed by atoms with Crippen LogP contribution in [-0.4, -0.2) is 40.5 Å². The first-order chi connectivity index (χ1) is 17.8. The highest BCUT2D eigenvalue weighted by atomic mass is 35.5. The lowest BCUT2D eigenvalue weighted by atomic mass is 10.1. The van der Waals surface area contributed by atoms with E-state index in [4.69, 9.17) is 17.3 Å². The Kier molecular flexibility index (Phi) is 8.72. The lowest BCUT2D eigenvalue weighted by Gasteiger charge is -2.24. The fourth-order valence-electron chi connectivity index (χ4n) is 3.72. The Morgan fingerprint density at radius 2 is 1.76 bits per heavy atom. The van der Waals surface area contributed by atoms with Crippen molar-refractivity contribution in [1.82, 2.24) is 9.55 Å². The molecule has 9 nitrogen and oxygen atoms in total. The number of nitrogen functional groups attached to an aromatic ring is 1. The Hall–Kier alpha value is -3.58. The third-order valence-electron chi connectivity index (χ3n) is 5.60. The summed E-state index contributed by atoms with van der Waals surface area (Å²) >= 11 is 6.18. The van der Waals surface area contributed by atoms with Gasteiger partial charge >= 0.3 is 21.5 Å². The van der Waals surface area contributed by atoms with Gasteiger partial charge in [-0.25, -0.2) is 4.98 Å². The number of nitrogens with two attached hydrogens (primary N) is 1. The molecule has 14 heteroatoms. The SMILES string of the molecule is CCCCc1nc(Cl)c(CC(=O)O)n1Cc1ccc(N(C(=O)c2ccccc2N)S(=O)(=O)C(F)(F)F)cc1. The summed E-state index contributed by atoms with van der Waals surface area (Å²) in [7, 11) is -6.13. The largest absolute Gasteiger partial charge is 0.517 e. The zero-order valence-corrected chi connectivity index (χ0v) is 21.6. The fourth-order valence-corrected chi connectivity index (χ4v) is 4.91. The number of aliphatic carboxylic acids is 1. The summed E-state index contributed by atoms with van der Waals surface area (Å²) in [4.78, 5) is 28.6. The number of alkyl halides is 3. The van der Waals surface area contributed by atoms with Crippen molar-refractivity contribution in [2.24, 2.45) is 0 Å². The summed E-state index contributed by atoms with van der Waals surface area (Å²) in [6.45, 7) is 2.03. The number of imidazole rings is 1. The predicted molar refractivity (Wildman–Crippen MR) is 135 cm³/mol. The van der Waals surface area contributed by atoms with E-state index in [9.17, 15) is 36.3 Å². The molecule has 2 aromatic carbocycles. The Bertz CT molecular complexity index is 1440. The van der Waals surface area contributed by atoms with E-state index in [0.717, 1.165) is 31.0 Å². The number of amides is 1. The van der Waals surface area contributed by atoms with Crippen LogP contribution in [0.5, 0.6) is 0 Å². The second-order valence-electron chi connectivity index (χ2n) is 8.30. The Morgan fingerprint density at radius 1 is 1.13 bits per heavy atom. The number of carboxylic acid groups (broad SMARTS) is 1. The van der Waals surface area contributed by atoms with Gasteiger partial charge in [0.15, 0.2) is 5.15 Å². The van der Waals surface area contributed by atoms with Gasteiger partial charge in [-0.2, -0.15) is 25.9 Å². The number of nitrogens with zero attached hydrogens (tertiary/aromatic N) is 3. The van der Waals surface area contributed by atoms with Crippen molar-refractivity contribution in [1.29, 1.82) is 0 Å². The number of aromatic nitrogens is 2. The maximum Gasteiger partial charge on any atom is 0.517 e. The molecule has 0 aliphatic rings. The molecule has 1 aromatic heterocycles. The van der Waals surface area contributed by atoms with Crippen LogP contribution in [0, 0.1) is 0 Å². The van der Waals surface area contributed by atoms with Crippen molar-refractivity contribution in [3.63, 3.8) is 0 Å². The molecule has 0 bridgehead atoms. The summed E-state index contributed by atoms with van der Waals surface area (Å²) in [5.74, 6) is -2.06. The van der Waals surface area contributed by atoms with Crippen molar-refractivity contribution < 1.29 is 36.3 Å². The maximum absolute atomic E-state index is 13.5. The van der Waals surface area contributed by atoms with Gasteiger partial charge in [0.2, 0.25) is 0 Å². The molecule has 0 fully saturated rings. The molecule has 3 aromatic rings. The Morgan fingerprint density at radius 3 is 2.32 bits per heavy atom. The van der Waals surface area contributed by atoms with E-state index in [0.29, 0.717) is 17.8 Å². The third-order valence-corrected chi connectivity index (χ3v) is 7.34. The van der Waals surface area contributed by atoms with Crippen LogP contribution in [0.4, 0.5) is 24.5 Å². The zero-order chi connectivity index (χ0) is 28.3. The number of anilines is 2. The van der Waals surface area contributed by atoms with Gasteiger partial charge in [-0.1, -0.05) is 49.2 Å². The zero-order valence-electron chi connectivity index (χ0n) is 20.1. The number of sulfonamides is 1. The number of para-hydroxylation sites is 1. The van der Waals surface area contributed by atoms with Crippen molar-refractivity contribution in [2.75, 3.05) is 10.0 Å². The highest BCUT2D eigenvalue weighted by Gasteiger charge is 2.52. The number of hydrogen-bond donors (Lipinski definition) is 2. The number of hydrogen-bond acceptors (Lipinski definition) is 6. The lowest BCUT2D eigenvalue weighted by Crippen LogP contribution is -2.44. The highest BCUT2D eigenvalue weighted by molar-refractivity contribution is 7.94. The summed E-state index contributed by atoms with van der Waals surface area (Å²) in [6, 6.07) is 9.93. The van der Waals surface area contributed by atoms with Crippen molar-refractivity contribution in [3.05, 3.63) is 76.3 Å². The van der Waals surface area contributed by atoms with Crippen LogP contribution >= 0.6 is 11.6 Å². The number of carbonyl (C=O) groups is 2. The molecule has 0 spiro atoms. The summed E-state index contributed by atoms with van der Waals surface area (Å²) in [5.41, 5.74) is -0.492. The van der Waals surface area contributed by atoms with E-state index in [-0.39, 0.29) is 27.4 Å². The Labute approximate surface area is 221 Å². The van der Waals surface area contributed by atoms with Gasteiger partial charge in [0.1, 0.15) is 5.82 Å². The monoisotopic (exact) mass is 572 g/mol. The van der Waals surface area contributed by atoms with E-state index in [1.165, 1.54) is 30.3 Å². The topological polar surface area (TPSA) is 136 Å². The van der Waals surface area contributed by atoms with E-state index < -0.39 is 45.1 Å². The second kappa shape index (κ2) is 11.4. The number of halogens is 4. The van der Waals surface area contributed by atoms with Gasteiger partial charge in [0, 0.05) is 18.7 Å². The van der Waals surface area contributed by atoms with Crippen LogP contribution in [0.25, 0.3) is 0 Å². The average Bonchev–Trinajstić information content (AvgIpc) is 3.11. The Balaban J connectivity index is 2.04. The number of rotatable bonds is 10. The van der Waals surface area contributed by atoms with Crippen LogP contribution in [0.3, 0.4) is 0 Å². The number of unbranched alkanes of at least 4 members (excludes halogenated alkanes) is 1. The van der Waals surface area contributed by atoms with Gasteiger partial charge in [-0.3, -0.25) is 9.59 Å². The highest BCUT2D eigenvalue weighted by Crippen LogP contribution is 2.33. The molecule has 0 aliphatic carbocycles. The average molecular weight is 573 g/mol. The number of carbonyl (C=O) groups excluding carboxylic acids is 1. The van der Waals surface area contributed by atoms with E-state index in [1.807, 2.05) is 6.92 Å². The molecule has 0 radical (unpaired) electrons. The molecular weight excluding hydrogens is 549 g/mol. The summed E-state index contributed by atoms with van der Waals surface area (Å²) in [6.07, 6.45) is 1.71. The molecule has 0 saturated carbocycles. The van der Waals surface area contributed by atoms with Crippen molar-refractivity contribution in [2.45, 2.75) is 44.7 Å². The normalized spacial score (nSPS) is 11.9. The fraction of sp³-hybridized carbons (Fsp3) is 0.292. The first-order valence-corrected chi connectivity index (χ1v) is 13.1. The van der Waals surface area contributed by atoms with Gasteiger partial charge in [0.25, 0.3) is 5.91 Å². The van der Waals surface area contributed by atoms with Crippen LogP contribution in [0.15, 0.2) is 48.5 Å². The predicted octanol–water partition coefficient (Wildman–Crippen LogP) is 4.63. The van der Waals surface area contributed by atoms with Gasteiger partial charge in [-0.05, 0) is 36.2 Å². The minimum Gasteiger partial charge on any atom is -0.481 e. The van der Waals surface area contributed by atoms with Crippen molar-refractivity contribution >= 4 is 44.9 Å². The molecule has 0 saturated heterocycles. The van der Waals surface area contributed by atoms with Gasteiger partial charge < -0.3 is 15.4 Å². The van der Waals surface area contributed by atoms with Gasteiger partial charge in [-0.15, -0.1) is 0 Å². The molecule has 0 aliphatic heterocycles. The molecule has 1 heterocycles. The quantitative estimate of drug-likeness (QED) is 0.338. The maximum atomic E-state index is 13.5. The second-order valence-corrected chi connectivity index (χ2v) is 10.4. The van der Waals surface area contributed by atoms with E-state index >= 15 is 0 Å². The van der Waals surface area contributed by atoms with Crippen LogP contribution in [0.2, 0.25) is 5.15 Å². The number of carboxylic acids is 1. The lowest BCUT2D eigenvalue weighted by molar-refractivity contribution is -0.136. The molecule has 1 amide bonds. The van der Waals surface area contributed by atoms with E-state index in [2.05, 4.69) is 4.98 Å². The number of aryl methyl sites for hydroxylation is 1. The van der Waals surface area contributed by atoms with Crippen LogP contribution in [-0.2, 0) is 34.2 Å². The van der Waals surface area contributed by atoms with Gasteiger partial charge in [0.05, 0.1) is 23.4 Å². The molecule has 3 rings (SSSR count). The van der Waals surface area contributed by atoms with Crippen molar-refractivity contribution in [3.8, 4) is 0 Å². The molecule has 3 N–H and O–H groups in total. The smallest absolute Gasteiger partial charge is 0.481 e. The summed E-state index contributed by atoms with van der Waals surface area (Å²) < 4.78 is 66.7. The minimum absolute atomic E-state index is 0.0311. The van der Waals surface area contributed by atoms with E-state index in [1.54, 1.807) is 4.57 Å². The molecule has 0 unspecified atom stereocenters. The first kappa shape index (κ1) is 29.0. The van der Waals surface area contributed by atoms with Crippen LogP contribution in [0.1, 0.15) is 47.2 Å². The molecule has 38 heavy (non-hydrogen) atoms. The number of benzene rings is 2.